The van der Waals surface area contributed by atoms with Crippen LogP contribution in [0.15, 0.2) is 95.5 Å². The van der Waals surface area contributed by atoms with E-state index in [-0.39, 0.29) is 29.6 Å². The van der Waals surface area contributed by atoms with Gasteiger partial charge >= 0.3 is 6.18 Å². The predicted molar refractivity (Wildman–Crippen MR) is 192 cm³/mol. The number of carbonyl (C=O) groups excluding carboxylic acids is 3. The highest BCUT2D eigenvalue weighted by atomic mass is 19.4. The molecule has 0 bridgehead atoms. The minimum absolute atomic E-state index is 0.127. The first kappa shape index (κ1) is 42.6. The maximum Gasteiger partial charge on any atom is 0.415 e. The molecule has 0 spiro atoms. The summed E-state index contributed by atoms with van der Waals surface area (Å²) in [5.41, 5.74) is 2.10. The first-order valence-electron chi connectivity index (χ1n) is 16.8. The molecule has 0 radical (unpaired) electrons. The van der Waals surface area contributed by atoms with Crippen LogP contribution in [-0.4, -0.2) is 61.8 Å². The maximum atomic E-state index is 14.1. The molecule has 49 heavy (non-hydrogen) atoms. The highest BCUT2D eigenvalue weighted by Crippen LogP contribution is 2.35. The summed E-state index contributed by atoms with van der Waals surface area (Å²) < 4.78 is 43.5. The molecule has 2 amide bonds. The van der Waals surface area contributed by atoms with Crippen molar-refractivity contribution < 1.29 is 32.3 Å². The van der Waals surface area contributed by atoms with E-state index >= 15 is 0 Å². The van der Waals surface area contributed by atoms with Crippen LogP contribution in [0.2, 0.25) is 0 Å². The molecule has 1 N–H and O–H groups in total. The number of halogens is 3. The number of nitrogens with zero attached hydrogens (tertiary/aromatic N) is 2. The van der Waals surface area contributed by atoms with Gasteiger partial charge in [0.25, 0.3) is 18.3 Å². The summed E-state index contributed by atoms with van der Waals surface area (Å²) in [6.07, 6.45) is 3.17. The lowest BCUT2D eigenvalue weighted by molar-refractivity contribution is -0.126. The summed E-state index contributed by atoms with van der Waals surface area (Å²) in [7, 11) is 2.99. The van der Waals surface area contributed by atoms with Gasteiger partial charge in [0.15, 0.2) is 0 Å². The zero-order valence-corrected chi connectivity index (χ0v) is 29.8. The highest BCUT2D eigenvalue weighted by molar-refractivity contribution is 6.46. The van der Waals surface area contributed by atoms with Crippen LogP contribution < -0.4 is 5.32 Å². The molecule has 0 aliphatic heterocycles. The molecule has 0 saturated heterocycles. The second kappa shape index (κ2) is 22.2. The highest BCUT2D eigenvalue weighted by Gasteiger charge is 2.31. The van der Waals surface area contributed by atoms with Crippen molar-refractivity contribution in [2.45, 2.75) is 90.9 Å². The minimum Gasteiger partial charge on any atom is -0.471 e. The fourth-order valence-corrected chi connectivity index (χ4v) is 5.46. The quantitative estimate of drug-likeness (QED) is 0.138. The molecule has 1 unspecified atom stereocenters. The lowest BCUT2D eigenvalue weighted by atomic mass is 9.82. The molecule has 2 aromatic rings. The third-order valence-electron chi connectivity index (χ3n) is 8.06. The number of hydrogen-bond acceptors (Lipinski definition) is 5. The monoisotopic (exact) mass is 683 g/mol. The van der Waals surface area contributed by atoms with Crippen molar-refractivity contribution in [3.8, 4) is 0 Å². The van der Waals surface area contributed by atoms with Crippen LogP contribution in [0.25, 0.3) is 0 Å². The fourth-order valence-electron chi connectivity index (χ4n) is 5.46. The molecule has 0 aromatic heterocycles. The van der Waals surface area contributed by atoms with E-state index in [0.717, 1.165) is 37.3 Å². The molecule has 1 aliphatic rings. The summed E-state index contributed by atoms with van der Waals surface area (Å²) in [4.78, 5) is 41.8. The van der Waals surface area contributed by atoms with Crippen molar-refractivity contribution in [1.82, 2.24) is 10.2 Å². The van der Waals surface area contributed by atoms with Crippen LogP contribution in [-0.2, 0) is 14.3 Å². The Kier molecular flexibility index (Phi) is 19.3. The molecule has 3 rings (SSSR count). The standard InChI is InChI=1S/C35H42F3N3O2.C2H4O2.C2H6/c1-6-25(15-14-24(4)35(36,37)38)32(40-30-22-20-27(21-23-30)26-12-10-9-11-13-26)34(43)41(5)31(7-2)28-16-18-29(19-17-28)33(42)39-8-3;1-4-2-3;1-2/h6,9-19,27,30-31H,4,7-8,20-23H2,1-3,5H3,(H,39,42);2H,1H3;1-2H3/b15-14-,25-6+,40-32?;;. The van der Waals surface area contributed by atoms with Gasteiger partial charge in [-0.2, -0.15) is 13.2 Å². The van der Waals surface area contributed by atoms with E-state index in [2.05, 4.69) is 28.8 Å². The Morgan fingerprint density at radius 1 is 1.02 bits per heavy atom. The predicted octanol–water partition coefficient (Wildman–Crippen LogP) is 8.95. The average molecular weight is 684 g/mol. The molecular formula is C39H52F3N3O4. The number of methoxy groups -OCH3 is 1. The summed E-state index contributed by atoms with van der Waals surface area (Å²) in [5, 5.41) is 2.77. The lowest BCUT2D eigenvalue weighted by Gasteiger charge is -2.30. The Morgan fingerprint density at radius 2 is 1.59 bits per heavy atom. The largest absolute Gasteiger partial charge is 0.471 e. The van der Waals surface area contributed by atoms with Crippen LogP contribution >= 0.6 is 0 Å². The van der Waals surface area contributed by atoms with Crippen LogP contribution in [0.3, 0.4) is 0 Å². The van der Waals surface area contributed by atoms with Crippen LogP contribution in [0.4, 0.5) is 13.2 Å². The number of ether oxygens (including phenoxy) is 1. The van der Waals surface area contributed by atoms with Gasteiger partial charge in [0.2, 0.25) is 0 Å². The molecule has 0 heterocycles. The number of alkyl halides is 3. The van der Waals surface area contributed by atoms with Crippen LogP contribution in [0.5, 0.6) is 0 Å². The molecule has 2 aromatic carbocycles. The van der Waals surface area contributed by atoms with Gasteiger partial charge in [-0.1, -0.05) is 82.0 Å². The van der Waals surface area contributed by atoms with Crippen molar-refractivity contribution in [2.24, 2.45) is 4.99 Å². The number of hydrogen-bond donors (Lipinski definition) is 1. The smallest absolute Gasteiger partial charge is 0.415 e. The van der Waals surface area contributed by atoms with E-state index in [4.69, 9.17) is 9.79 Å². The number of allylic oxidation sites excluding steroid dienone is 4. The van der Waals surface area contributed by atoms with Gasteiger partial charge < -0.3 is 15.0 Å². The number of aliphatic imine (C=N–C) groups is 1. The number of nitrogens with one attached hydrogen (secondary N) is 1. The van der Waals surface area contributed by atoms with Gasteiger partial charge in [0, 0.05) is 30.3 Å². The third-order valence-corrected chi connectivity index (χ3v) is 8.06. The van der Waals surface area contributed by atoms with E-state index in [1.165, 1.54) is 18.7 Å². The Balaban J connectivity index is 0.00000186. The molecule has 268 valence electrons. The van der Waals surface area contributed by atoms with E-state index in [9.17, 15) is 22.8 Å². The van der Waals surface area contributed by atoms with E-state index in [1.54, 1.807) is 37.1 Å². The molecule has 1 fully saturated rings. The van der Waals surface area contributed by atoms with E-state index in [1.807, 2.05) is 58.0 Å². The van der Waals surface area contributed by atoms with Crippen LogP contribution in [0, 0.1) is 0 Å². The lowest BCUT2D eigenvalue weighted by Crippen LogP contribution is -2.38. The van der Waals surface area contributed by atoms with Gasteiger partial charge in [0.05, 0.1) is 19.2 Å². The van der Waals surface area contributed by atoms with Gasteiger partial charge in [-0.15, -0.1) is 0 Å². The van der Waals surface area contributed by atoms with Crippen LogP contribution in [0.1, 0.15) is 100 Å². The van der Waals surface area contributed by atoms with E-state index in [0.29, 0.717) is 36.5 Å². The minimum atomic E-state index is -4.57. The molecule has 1 aliphatic carbocycles. The third kappa shape index (κ3) is 13.5. The first-order chi connectivity index (χ1) is 23.4. The van der Waals surface area contributed by atoms with Gasteiger partial charge in [0.1, 0.15) is 5.71 Å². The summed E-state index contributed by atoms with van der Waals surface area (Å²) in [6, 6.07) is 17.0. The Morgan fingerprint density at radius 3 is 2.06 bits per heavy atom. The molecule has 1 atom stereocenters. The number of carbonyl (C=O) groups is 3. The van der Waals surface area contributed by atoms with Crippen molar-refractivity contribution in [3.63, 3.8) is 0 Å². The summed E-state index contributed by atoms with van der Waals surface area (Å²) in [5.74, 6) is -0.134. The molecule has 7 nitrogen and oxygen atoms in total. The van der Waals surface area contributed by atoms with Crippen molar-refractivity contribution in [2.75, 3.05) is 20.7 Å². The fraction of sp³-hybridized carbons (Fsp3) is 0.436. The Bertz CT molecular complexity index is 1410. The second-order valence-electron chi connectivity index (χ2n) is 11.1. The van der Waals surface area contributed by atoms with Crippen molar-refractivity contribution in [3.05, 3.63) is 107 Å². The number of benzene rings is 2. The van der Waals surface area contributed by atoms with Gasteiger partial charge in [-0.3, -0.25) is 19.4 Å². The summed E-state index contributed by atoms with van der Waals surface area (Å²) >= 11 is 0. The number of rotatable bonds is 12. The maximum absolute atomic E-state index is 14.1. The van der Waals surface area contributed by atoms with Gasteiger partial charge in [-0.05, 0) is 81.2 Å². The normalized spacial score (nSPS) is 17.0. The zero-order chi connectivity index (χ0) is 37.0. The topological polar surface area (TPSA) is 88.1 Å². The van der Waals surface area contributed by atoms with Gasteiger partial charge in [-0.25, -0.2) is 0 Å². The molecular weight excluding hydrogens is 631 g/mol. The van der Waals surface area contributed by atoms with E-state index < -0.39 is 11.7 Å². The number of amides is 2. The zero-order valence-electron chi connectivity index (χ0n) is 29.8. The summed E-state index contributed by atoms with van der Waals surface area (Å²) in [6.45, 7) is 13.5. The Labute approximate surface area is 290 Å². The Hall–Kier alpha value is -4.47. The van der Waals surface area contributed by atoms with Crippen molar-refractivity contribution >= 4 is 24.0 Å². The average Bonchev–Trinajstić information content (AvgIpc) is 3.12. The SMILES string of the molecule is C=C(/C=C\C(=C/C)C(=NC1CCC(c2ccccc2)CC1)C(=O)N(C)C(CC)c1ccc(C(=O)NCC)cc1)C(F)(F)F.CC.COC=O. The molecule has 1 saturated carbocycles. The van der Waals surface area contributed by atoms with Crippen molar-refractivity contribution in [1.29, 1.82) is 0 Å². The molecule has 10 heteroatoms. The second-order valence-corrected chi connectivity index (χ2v) is 11.1. The first-order valence-corrected chi connectivity index (χ1v) is 16.8.